The number of rotatable bonds is 5. The van der Waals surface area contributed by atoms with Gasteiger partial charge in [0.15, 0.2) is 0 Å². The van der Waals surface area contributed by atoms with Crippen molar-refractivity contribution in [2.45, 2.75) is 65.5 Å². The summed E-state index contributed by atoms with van der Waals surface area (Å²) in [5.74, 6) is 2.69. The third kappa shape index (κ3) is 4.00. The number of phenolic OH excluding ortho intramolecular Hbond substituents is 1. The molecule has 1 saturated carbocycles. The highest BCUT2D eigenvalue weighted by Crippen LogP contribution is 2.36. The van der Waals surface area contributed by atoms with Crippen LogP contribution >= 0.6 is 0 Å². The van der Waals surface area contributed by atoms with E-state index in [0.29, 0.717) is 11.8 Å². The second-order valence-corrected chi connectivity index (χ2v) is 7.12. The third-order valence-corrected chi connectivity index (χ3v) is 5.16. The van der Waals surface area contributed by atoms with Gasteiger partial charge >= 0.3 is 0 Å². The highest BCUT2D eigenvalue weighted by Gasteiger charge is 2.32. The van der Waals surface area contributed by atoms with Gasteiger partial charge in [-0.3, -0.25) is 0 Å². The fourth-order valence-electron chi connectivity index (χ4n) is 3.86. The normalized spacial score (nSPS) is 27.8. The number of hydrogen-bond donors (Lipinski definition) is 2. The quantitative estimate of drug-likeness (QED) is 0.808. The van der Waals surface area contributed by atoms with E-state index in [-0.39, 0.29) is 6.04 Å². The molecule has 1 aromatic rings. The van der Waals surface area contributed by atoms with E-state index in [1.807, 2.05) is 18.2 Å². The summed E-state index contributed by atoms with van der Waals surface area (Å²) in [7, 11) is 0. The summed E-state index contributed by atoms with van der Waals surface area (Å²) in [6, 6.07) is 8.57. The highest BCUT2D eigenvalue weighted by molar-refractivity contribution is 5.34. The molecule has 2 nitrogen and oxygen atoms in total. The Bertz CT molecular complexity index is 443. The van der Waals surface area contributed by atoms with Crippen LogP contribution in [-0.4, -0.2) is 11.1 Å². The van der Waals surface area contributed by atoms with Gasteiger partial charge in [0.1, 0.15) is 5.75 Å². The van der Waals surface area contributed by atoms with Gasteiger partial charge in [-0.05, 0) is 43.1 Å². The molecular formula is C19H31NO. The Labute approximate surface area is 130 Å². The van der Waals surface area contributed by atoms with Gasteiger partial charge < -0.3 is 10.4 Å². The number of para-hydroxylation sites is 1. The monoisotopic (exact) mass is 289 g/mol. The van der Waals surface area contributed by atoms with Gasteiger partial charge in [-0.25, -0.2) is 0 Å². The van der Waals surface area contributed by atoms with Crippen LogP contribution in [-0.2, 0) is 0 Å². The van der Waals surface area contributed by atoms with Crippen molar-refractivity contribution >= 4 is 0 Å². The molecular weight excluding hydrogens is 258 g/mol. The maximum Gasteiger partial charge on any atom is 0.120 e. The average Bonchev–Trinajstić information content (AvgIpc) is 2.45. The van der Waals surface area contributed by atoms with E-state index in [0.717, 1.165) is 29.7 Å². The van der Waals surface area contributed by atoms with Crippen molar-refractivity contribution < 1.29 is 5.11 Å². The Morgan fingerprint density at radius 3 is 2.57 bits per heavy atom. The number of phenols is 1. The maximum absolute atomic E-state index is 10.1. The van der Waals surface area contributed by atoms with Crippen molar-refractivity contribution in [1.29, 1.82) is 0 Å². The molecule has 2 rings (SSSR count). The van der Waals surface area contributed by atoms with Crippen molar-refractivity contribution in [1.82, 2.24) is 5.32 Å². The lowest BCUT2D eigenvalue weighted by Gasteiger charge is -2.40. The van der Waals surface area contributed by atoms with Gasteiger partial charge in [0.05, 0.1) is 0 Å². The molecule has 1 fully saturated rings. The van der Waals surface area contributed by atoms with E-state index in [2.05, 4.69) is 33.0 Å². The summed E-state index contributed by atoms with van der Waals surface area (Å²) < 4.78 is 0. The van der Waals surface area contributed by atoms with E-state index in [4.69, 9.17) is 0 Å². The highest BCUT2D eigenvalue weighted by atomic mass is 16.3. The van der Waals surface area contributed by atoms with E-state index in [1.165, 1.54) is 19.3 Å². The van der Waals surface area contributed by atoms with E-state index in [1.54, 1.807) is 6.07 Å². The Hall–Kier alpha value is -1.02. The molecule has 0 amide bonds. The fourth-order valence-corrected chi connectivity index (χ4v) is 3.86. The smallest absolute Gasteiger partial charge is 0.120 e. The first-order valence-electron chi connectivity index (χ1n) is 8.56. The summed E-state index contributed by atoms with van der Waals surface area (Å²) in [4.78, 5) is 0. The molecule has 1 aromatic carbocycles. The lowest BCUT2D eigenvalue weighted by atomic mass is 9.73. The van der Waals surface area contributed by atoms with Crippen LogP contribution in [0.2, 0.25) is 0 Å². The molecule has 0 aromatic heterocycles. The molecule has 4 unspecified atom stereocenters. The van der Waals surface area contributed by atoms with Crippen LogP contribution in [0.3, 0.4) is 0 Å². The van der Waals surface area contributed by atoms with Gasteiger partial charge in [0.25, 0.3) is 0 Å². The molecule has 1 aliphatic carbocycles. The molecule has 2 heteroatoms. The van der Waals surface area contributed by atoms with E-state index >= 15 is 0 Å². The van der Waals surface area contributed by atoms with Crippen LogP contribution in [0.1, 0.15) is 65.0 Å². The molecule has 0 heterocycles. The second-order valence-electron chi connectivity index (χ2n) is 7.12. The van der Waals surface area contributed by atoms with Crippen LogP contribution in [0.25, 0.3) is 0 Å². The van der Waals surface area contributed by atoms with Crippen molar-refractivity contribution in [2.75, 3.05) is 0 Å². The second kappa shape index (κ2) is 7.31. The molecule has 0 bridgehead atoms. The van der Waals surface area contributed by atoms with E-state index in [9.17, 15) is 5.11 Å². The summed E-state index contributed by atoms with van der Waals surface area (Å²) in [5.41, 5.74) is 1.04. The summed E-state index contributed by atoms with van der Waals surface area (Å²) >= 11 is 0. The predicted octanol–water partition coefficient (Wildman–Crippen LogP) is 4.89. The molecule has 0 aliphatic heterocycles. The van der Waals surface area contributed by atoms with Crippen LogP contribution in [0.15, 0.2) is 24.3 Å². The maximum atomic E-state index is 10.1. The number of nitrogens with one attached hydrogen (secondary N) is 1. The Kier molecular flexibility index (Phi) is 5.69. The summed E-state index contributed by atoms with van der Waals surface area (Å²) in [6.07, 6.45) is 4.95. The van der Waals surface area contributed by atoms with E-state index < -0.39 is 0 Å². The minimum absolute atomic E-state index is 0.253. The SMILES string of the molecule is CCC(NC1CC(C)CCC1C(C)C)c1ccccc1O. The number of hydrogen-bond acceptors (Lipinski definition) is 2. The first-order valence-corrected chi connectivity index (χ1v) is 8.56. The largest absolute Gasteiger partial charge is 0.508 e. The zero-order chi connectivity index (χ0) is 15.4. The van der Waals surface area contributed by atoms with Crippen molar-refractivity contribution in [3.63, 3.8) is 0 Å². The lowest BCUT2D eigenvalue weighted by Crippen LogP contribution is -2.44. The van der Waals surface area contributed by atoms with Crippen molar-refractivity contribution in [3.8, 4) is 5.75 Å². The first kappa shape index (κ1) is 16.4. The van der Waals surface area contributed by atoms with Crippen LogP contribution in [0, 0.1) is 17.8 Å². The number of aromatic hydroxyl groups is 1. The number of benzene rings is 1. The average molecular weight is 289 g/mol. The third-order valence-electron chi connectivity index (χ3n) is 5.16. The molecule has 118 valence electrons. The minimum atomic E-state index is 0.253. The first-order chi connectivity index (χ1) is 10.0. The zero-order valence-electron chi connectivity index (χ0n) is 14.0. The van der Waals surface area contributed by atoms with Gasteiger partial charge in [-0.1, -0.05) is 52.3 Å². The summed E-state index contributed by atoms with van der Waals surface area (Å²) in [6.45, 7) is 9.25. The molecule has 2 N–H and O–H groups in total. The molecule has 0 radical (unpaired) electrons. The standard InChI is InChI=1S/C19H31NO/c1-5-17(16-8-6-7-9-19(16)21)20-18-12-14(4)10-11-15(18)13(2)3/h6-9,13-15,17-18,20-21H,5,10-12H2,1-4H3. The molecule has 4 atom stereocenters. The molecule has 0 spiro atoms. The topological polar surface area (TPSA) is 32.3 Å². The van der Waals surface area contributed by atoms with Gasteiger partial charge in [0, 0.05) is 17.6 Å². The fraction of sp³-hybridized carbons (Fsp3) is 0.684. The van der Waals surface area contributed by atoms with Gasteiger partial charge in [-0.2, -0.15) is 0 Å². The van der Waals surface area contributed by atoms with Crippen LogP contribution < -0.4 is 5.32 Å². The molecule has 0 saturated heterocycles. The minimum Gasteiger partial charge on any atom is -0.508 e. The molecule has 1 aliphatic rings. The van der Waals surface area contributed by atoms with Crippen LogP contribution in [0.4, 0.5) is 0 Å². The Morgan fingerprint density at radius 1 is 1.24 bits per heavy atom. The molecule has 21 heavy (non-hydrogen) atoms. The van der Waals surface area contributed by atoms with Crippen molar-refractivity contribution in [3.05, 3.63) is 29.8 Å². The Morgan fingerprint density at radius 2 is 1.95 bits per heavy atom. The van der Waals surface area contributed by atoms with Gasteiger partial charge in [-0.15, -0.1) is 0 Å². The predicted molar refractivity (Wildman–Crippen MR) is 89.4 cm³/mol. The zero-order valence-corrected chi connectivity index (χ0v) is 14.0. The van der Waals surface area contributed by atoms with Gasteiger partial charge in [0.2, 0.25) is 0 Å². The van der Waals surface area contributed by atoms with Crippen LogP contribution in [0.5, 0.6) is 5.75 Å². The Balaban J connectivity index is 2.14. The lowest BCUT2D eigenvalue weighted by molar-refractivity contribution is 0.157. The van der Waals surface area contributed by atoms with Crippen molar-refractivity contribution in [2.24, 2.45) is 17.8 Å². The summed E-state index contributed by atoms with van der Waals surface area (Å²) in [5, 5.41) is 14.0.